The SMILES string of the molecule is CCCCC/C=C/C/C=C/CCCCCCCCCC(=O)O[C@H](COC(=O)CCCCCCC/C=C/CCCCCCC)COP(=O)(O)OC[C@@H](O)CO. The largest absolute Gasteiger partial charge is 0.472 e. The van der Waals surface area contributed by atoms with Gasteiger partial charge in [0.2, 0.25) is 0 Å². The van der Waals surface area contributed by atoms with E-state index in [9.17, 15) is 24.2 Å². The lowest BCUT2D eigenvalue weighted by Gasteiger charge is -2.20. The maximum atomic E-state index is 12.6. The minimum atomic E-state index is -4.62. The molecule has 1 unspecified atom stereocenters. The van der Waals surface area contributed by atoms with Gasteiger partial charge in [0.15, 0.2) is 6.10 Å². The van der Waals surface area contributed by atoms with Gasteiger partial charge in [-0.15, -0.1) is 0 Å². The summed E-state index contributed by atoms with van der Waals surface area (Å²) in [7, 11) is -4.62. The first kappa shape index (κ1) is 52.2. The second kappa shape index (κ2) is 39.4. The Morgan fingerprint density at radius 2 is 0.963 bits per heavy atom. The molecule has 3 atom stereocenters. The molecule has 0 aromatic rings. The first-order valence-corrected chi connectivity index (χ1v) is 22.9. The van der Waals surface area contributed by atoms with Crippen molar-refractivity contribution in [1.29, 1.82) is 0 Å². The lowest BCUT2D eigenvalue weighted by molar-refractivity contribution is -0.161. The smallest absolute Gasteiger partial charge is 0.462 e. The highest BCUT2D eigenvalue weighted by Gasteiger charge is 2.27. The molecule has 0 aliphatic heterocycles. The lowest BCUT2D eigenvalue weighted by atomic mass is 10.1. The molecule has 0 radical (unpaired) electrons. The predicted molar refractivity (Wildman–Crippen MR) is 219 cm³/mol. The monoisotopic (exact) mass is 787 g/mol. The highest BCUT2D eigenvalue weighted by Crippen LogP contribution is 2.43. The van der Waals surface area contributed by atoms with Crippen LogP contribution in [0, 0.1) is 0 Å². The maximum absolute atomic E-state index is 12.6. The molecule has 316 valence electrons. The van der Waals surface area contributed by atoms with Crippen molar-refractivity contribution >= 4 is 19.8 Å². The molecule has 0 spiro atoms. The molecule has 10 nitrogen and oxygen atoms in total. The van der Waals surface area contributed by atoms with E-state index in [2.05, 4.69) is 54.8 Å². The Labute approximate surface area is 329 Å². The summed E-state index contributed by atoms with van der Waals surface area (Å²) in [6, 6.07) is 0. The van der Waals surface area contributed by atoms with Crippen LogP contribution in [-0.2, 0) is 32.7 Å². The number of hydrogen-bond acceptors (Lipinski definition) is 9. The number of phosphoric acid groups is 1. The summed E-state index contributed by atoms with van der Waals surface area (Å²) >= 11 is 0. The number of aliphatic hydroxyl groups excluding tert-OH is 2. The zero-order valence-corrected chi connectivity index (χ0v) is 35.1. The highest BCUT2D eigenvalue weighted by atomic mass is 31.2. The van der Waals surface area contributed by atoms with Crippen molar-refractivity contribution in [2.45, 2.75) is 199 Å². The van der Waals surface area contributed by atoms with Gasteiger partial charge < -0.3 is 24.6 Å². The normalized spacial score (nSPS) is 14.2. The summed E-state index contributed by atoms with van der Waals surface area (Å²) < 4.78 is 32.7. The van der Waals surface area contributed by atoms with Crippen LogP contribution in [0.1, 0.15) is 187 Å². The molecule has 0 aliphatic rings. The Morgan fingerprint density at radius 3 is 1.48 bits per heavy atom. The van der Waals surface area contributed by atoms with Crippen LogP contribution in [-0.4, -0.2) is 65.7 Å². The Kier molecular flexibility index (Phi) is 38.1. The van der Waals surface area contributed by atoms with Crippen LogP contribution in [0.2, 0.25) is 0 Å². The fourth-order valence-corrected chi connectivity index (χ4v) is 6.45. The van der Waals surface area contributed by atoms with E-state index >= 15 is 0 Å². The summed E-state index contributed by atoms with van der Waals surface area (Å²) in [6.45, 7) is 2.33. The van der Waals surface area contributed by atoms with Gasteiger partial charge >= 0.3 is 19.8 Å². The van der Waals surface area contributed by atoms with Gasteiger partial charge in [-0.3, -0.25) is 18.6 Å². The van der Waals surface area contributed by atoms with Crippen molar-refractivity contribution in [3.63, 3.8) is 0 Å². The molecule has 3 N–H and O–H groups in total. The van der Waals surface area contributed by atoms with Crippen molar-refractivity contribution in [3.8, 4) is 0 Å². The lowest BCUT2D eigenvalue weighted by Crippen LogP contribution is -2.29. The number of esters is 2. The first-order valence-electron chi connectivity index (χ1n) is 21.4. The Bertz CT molecular complexity index is 999. The van der Waals surface area contributed by atoms with Crippen molar-refractivity contribution in [2.75, 3.05) is 26.4 Å². The van der Waals surface area contributed by atoms with Gasteiger partial charge in [0.05, 0.1) is 19.8 Å². The summed E-state index contributed by atoms with van der Waals surface area (Å²) in [5.41, 5.74) is 0. The molecule has 0 fully saturated rings. The van der Waals surface area contributed by atoms with Gasteiger partial charge in [-0.2, -0.15) is 0 Å². The second-order valence-electron chi connectivity index (χ2n) is 14.4. The van der Waals surface area contributed by atoms with E-state index in [4.69, 9.17) is 19.1 Å². The molecular formula is C43H79O10P. The third-order valence-corrected chi connectivity index (χ3v) is 9.97. The molecule has 0 amide bonds. The first-order chi connectivity index (χ1) is 26.2. The van der Waals surface area contributed by atoms with Crippen LogP contribution >= 0.6 is 7.82 Å². The van der Waals surface area contributed by atoms with E-state index in [0.29, 0.717) is 12.8 Å². The average Bonchev–Trinajstić information content (AvgIpc) is 3.16. The zero-order chi connectivity index (χ0) is 39.8. The van der Waals surface area contributed by atoms with Gasteiger partial charge in [0.1, 0.15) is 12.7 Å². The van der Waals surface area contributed by atoms with Crippen LogP contribution in [0.3, 0.4) is 0 Å². The fourth-order valence-electron chi connectivity index (χ4n) is 5.66. The third-order valence-electron chi connectivity index (χ3n) is 9.02. The molecule has 0 heterocycles. The molecule has 0 rings (SSSR count). The van der Waals surface area contributed by atoms with E-state index < -0.39 is 51.8 Å². The van der Waals surface area contributed by atoms with Gasteiger partial charge in [-0.25, -0.2) is 4.57 Å². The molecular weight excluding hydrogens is 707 g/mol. The van der Waals surface area contributed by atoms with E-state index in [1.165, 1.54) is 70.6 Å². The minimum Gasteiger partial charge on any atom is -0.462 e. The highest BCUT2D eigenvalue weighted by molar-refractivity contribution is 7.47. The third kappa shape index (κ3) is 38.5. The van der Waals surface area contributed by atoms with Crippen LogP contribution in [0.25, 0.3) is 0 Å². The van der Waals surface area contributed by atoms with Crippen LogP contribution in [0.5, 0.6) is 0 Å². The van der Waals surface area contributed by atoms with Crippen LogP contribution in [0.4, 0.5) is 0 Å². The van der Waals surface area contributed by atoms with Crippen molar-refractivity contribution in [3.05, 3.63) is 36.5 Å². The van der Waals surface area contributed by atoms with Crippen LogP contribution < -0.4 is 0 Å². The van der Waals surface area contributed by atoms with Crippen molar-refractivity contribution in [1.82, 2.24) is 0 Å². The van der Waals surface area contributed by atoms with Gasteiger partial charge in [-0.1, -0.05) is 140 Å². The fraction of sp³-hybridized carbons (Fsp3) is 0.814. The molecule has 11 heteroatoms. The topological polar surface area (TPSA) is 149 Å². The summed E-state index contributed by atoms with van der Waals surface area (Å²) in [4.78, 5) is 35.0. The van der Waals surface area contributed by atoms with Gasteiger partial charge in [-0.05, 0) is 70.6 Å². The summed E-state index contributed by atoms with van der Waals surface area (Å²) in [5, 5.41) is 18.3. The van der Waals surface area contributed by atoms with Crippen molar-refractivity contribution in [2.24, 2.45) is 0 Å². The summed E-state index contributed by atoms with van der Waals surface area (Å²) in [6.07, 6.45) is 39.6. The quantitative estimate of drug-likeness (QED) is 0.0237. The number of hydrogen-bond donors (Lipinski definition) is 3. The molecule has 0 bridgehead atoms. The van der Waals surface area contributed by atoms with E-state index in [1.807, 2.05) is 0 Å². The standard InChI is InChI=1S/C43H79O10P/c1-3-5-7-9-11-13-15-17-19-20-21-23-25-27-29-31-33-35-43(47)53-41(39-52-54(48,49)51-37-40(45)36-44)38-50-42(46)34-32-30-28-26-24-22-18-16-14-12-10-8-6-4-2/h11,13,16-19,40-41,44-45H,3-10,12,14-15,20-39H2,1-2H3,(H,48,49)/b13-11+,18-16+,19-17+/t40-,41+/m0/s1. The maximum Gasteiger partial charge on any atom is 0.472 e. The number of ether oxygens (including phenoxy) is 2. The summed E-state index contributed by atoms with van der Waals surface area (Å²) in [5.74, 6) is -0.942. The zero-order valence-electron chi connectivity index (χ0n) is 34.2. The number of phosphoric ester groups is 1. The number of carbonyl (C=O) groups excluding carboxylic acids is 2. The van der Waals surface area contributed by atoms with Gasteiger partial charge in [0.25, 0.3) is 0 Å². The van der Waals surface area contributed by atoms with E-state index in [0.717, 1.165) is 77.0 Å². The van der Waals surface area contributed by atoms with E-state index in [-0.39, 0.29) is 19.4 Å². The number of aliphatic hydroxyl groups is 2. The second-order valence-corrected chi connectivity index (χ2v) is 15.8. The Hall–Kier alpha value is -1.81. The minimum absolute atomic E-state index is 0.174. The molecule has 0 saturated carbocycles. The number of unbranched alkanes of at least 4 members (excludes halogenated alkanes) is 20. The number of allylic oxidation sites excluding steroid dienone is 6. The molecule has 0 saturated heterocycles. The molecule has 54 heavy (non-hydrogen) atoms. The van der Waals surface area contributed by atoms with E-state index in [1.54, 1.807) is 0 Å². The predicted octanol–water partition coefficient (Wildman–Crippen LogP) is 11.2. The van der Waals surface area contributed by atoms with Gasteiger partial charge in [0, 0.05) is 12.8 Å². The molecule has 0 aromatic carbocycles. The molecule has 0 aromatic heterocycles. The number of carbonyl (C=O) groups is 2. The Balaban J connectivity index is 4.33. The van der Waals surface area contributed by atoms with Crippen molar-refractivity contribution < 1.29 is 47.8 Å². The Morgan fingerprint density at radius 1 is 0.556 bits per heavy atom. The molecule has 0 aliphatic carbocycles. The van der Waals surface area contributed by atoms with Crippen LogP contribution in [0.15, 0.2) is 36.5 Å². The number of rotatable bonds is 40. The average molecular weight is 787 g/mol.